The summed E-state index contributed by atoms with van der Waals surface area (Å²) in [6.45, 7) is -0.444. The minimum absolute atomic E-state index is 0. The van der Waals surface area contributed by atoms with Crippen LogP contribution in [0.2, 0.25) is 0 Å². The van der Waals surface area contributed by atoms with Crippen molar-refractivity contribution in [2.75, 3.05) is 23.0 Å². The highest BCUT2D eigenvalue weighted by atomic mass is 16.5. The van der Waals surface area contributed by atoms with Gasteiger partial charge >= 0.3 is 0 Å². The van der Waals surface area contributed by atoms with E-state index in [0.717, 1.165) is 0 Å². The van der Waals surface area contributed by atoms with Crippen LogP contribution in [0.15, 0.2) is 4.79 Å². The second-order valence-electron chi connectivity index (χ2n) is 4.75. The molecule has 0 radical (unpaired) electrons. The molecular formula is C10H17N5O6. The van der Waals surface area contributed by atoms with Crippen LogP contribution in [0.5, 0.6) is 0 Å². The molecular weight excluding hydrogens is 286 g/mol. The molecule has 1 aromatic rings. The molecule has 0 aromatic carbocycles. The normalized spacial score (nSPS) is 33.8. The minimum Gasteiger partial charge on any atom is -0.412 e. The number of hydrogen-bond acceptors (Lipinski definition) is 9. The van der Waals surface area contributed by atoms with Crippen LogP contribution in [-0.2, 0) is 4.74 Å². The molecule has 118 valence electrons. The summed E-state index contributed by atoms with van der Waals surface area (Å²) in [7, 11) is 0. The molecule has 5 unspecified atom stereocenters. The molecule has 3 heterocycles. The number of ether oxygens (including phenoxy) is 1. The van der Waals surface area contributed by atoms with E-state index >= 15 is 0 Å². The molecule has 11 nitrogen and oxygen atoms in total. The lowest BCUT2D eigenvalue weighted by atomic mass is 9.94. The van der Waals surface area contributed by atoms with Gasteiger partial charge in [0.15, 0.2) is 12.0 Å². The lowest BCUT2D eigenvalue weighted by molar-refractivity contribution is -0.178. The Morgan fingerprint density at radius 2 is 2.00 bits per heavy atom. The van der Waals surface area contributed by atoms with Crippen molar-refractivity contribution >= 4 is 17.5 Å². The van der Waals surface area contributed by atoms with Crippen LogP contribution in [0.3, 0.4) is 0 Å². The first-order valence-electron chi connectivity index (χ1n) is 6.06. The van der Waals surface area contributed by atoms with Crippen molar-refractivity contribution in [2.45, 2.75) is 30.6 Å². The van der Waals surface area contributed by atoms with E-state index in [1.165, 1.54) is 0 Å². The van der Waals surface area contributed by atoms with Gasteiger partial charge in [0.2, 0.25) is 5.95 Å². The summed E-state index contributed by atoms with van der Waals surface area (Å²) >= 11 is 0. The molecule has 5 atom stereocenters. The van der Waals surface area contributed by atoms with Gasteiger partial charge < -0.3 is 41.9 Å². The Hall–Kier alpha value is -1.92. The zero-order valence-corrected chi connectivity index (χ0v) is 10.8. The molecule has 0 amide bonds. The average molecular weight is 303 g/mol. The van der Waals surface area contributed by atoms with Gasteiger partial charge in [-0.05, 0) is 0 Å². The first-order valence-corrected chi connectivity index (χ1v) is 6.06. The highest BCUT2D eigenvalue weighted by Crippen LogP contribution is 2.30. The third-order valence-electron chi connectivity index (χ3n) is 3.45. The van der Waals surface area contributed by atoms with E-state index in [1.807, 2.05) is 0 Å². The maximum Gasteiger partial charge on any atom is 0.277 e. The third-order valence-corrected chi connectivity index (χ3v) is 3.45. The summed E-state index contributed by atoms with van der Waals surface area (Å²) < 4.78 is 5.43. The van der Waals surface area contributed by atoms with Crippen LogP contribution in [0, 0.1) is 0 Å². The van der Waals surface area contributed by atoms with Gasteiger partial charge in [0.1, 0.15) is 30.0 Å². The highest BCUT2D eigenvalue weighted by Gasteiger charge is 2.47. The lowest BCUT2D eigenvalue weighted by Gasteiger charge is -2.45. The zero-order valence-electron chi connectivity index (χ0n) is 10.8. The molecule has 0 saturated carbocycles. The van der Waals surface area contributed by atoms with Gasteiger partial charge in [0.25, 0.3) is 5.56 Å². The standard InChI is InChI=1S/C10H15N5O5.H2O/c11-10-14-7-4(8(19)15-10)12-3-6(18)5(17)2(1-16)20-9(3)13-7;/h2-3,5-6,9,12,16-18H,1H2,(H4,11,13,14,15,19);1H2. The molecule has 0 aliphatic carbocycles. The number of aromatic amines is 1. The topological polar surface area (TPSA) is 197 Å². The maximum atomic E-state index is 11.8. The zero-order chi connectivity index (χ0) is 14.4. The lowest BCUT2D eigenvalue weighted by Crippen LogP contribution is -2.65. The fourth-order valence-corrected chi connectivity index (χ4v) is 2.43. The largest absolute Gasteiger partial charge is 0.412 e. The van der Waals surface area contributed by atoms with Gasteiger partial charge in [-0.2, -0.15) is 4.98 Å². The highest BCUT2D eigenvalue weighted by molar-refractivity contribution is 5.68. The summed E-state index contributed by atoms with van der Waals surface area (Å²) in [6, 6.07) is -0.758. The number of aromatic nitrogens is 2. The molecule has 11 heteroatoms. The summed E-state index contributed by atoms with van der Waals surface area (Å²) in [5, 5.41) is 34.6. The van der Waals surface area contributed by atoms with Crippen molar-refractivity contribution in [3.63, 3.8) is 0 Å². The Morgan fingerprint density at radius 3 is 2.67 bits per heavy atom. The molecule has 2 aliphatic heterocycles. The van der Waals surface area contributed by atoms with Crippen LogP contribution in [-0.4, -0.2) is 68.0 Å². The Bertz CT molecular complexity index is 580. The van der Waals surface area contributed by atoms with Crippen molar-refractivity contribution in [1.82, 2.24) is 9.97 Å². The Balaban J connectivity index is 0.00000161. The number of hydrogen-bond donors (Lipinski definition) is 7. The van der Waals surface area contributed by atoms with E-state index < -0.39 is 42.7 Å². The van der Waals surface area contributed by atoms with Crippen molar-refractivity contribution in [3.8, 4) is 0 Å². The number of nitrogens with zero attached hydrogens (tertiary/aromatic N) is 1. The fourth-order valence-electron chi connectivity index (χ4n) is 2.43. The summed E-state index contributed by atoms with van der Waals surface area (Å²) in [5.74, 6) is 0.129. The molecule has 2 aliphatic rings. The Labute approximate surface area is 118 Å². The molecule has 1 aromatic heterocycles. The van der Waals surface area contributed by atoms with Gasteiger partial charge in [0, 0.05) is 0 Å². The number of fused-ring (bicyclic) bond motifs is 2. The van der Waals surface area contributed by atoms with E-state index in [-0.39, 0.29) is 22.9 Å². The van der Waals surface area contributed by atoms with Crippen LogP contribution in [0.4, 0.5) is 17.5 Å². The van der Waals surface area contributed by atoms with E-state index in [9.17, 15) is 15.0 Å². The van der Waals surface area contributed by atoms with Crippen molar-refractivity contribution in [3.05, 3.63) is 10.4 Å². The monoisotopic (exact) mass is 303 g/mol. The number of nitrogen functional groups attached to an aromatic ring is 1. The first kappa shape index (κ1) is 15.5. The molecule has 0 spiro atoms. The van der Waals surface area contributed by atoms with E-state index in [4.69, 9.17) is 15.6 Å². The second-order valence-corrected chi connectivity index (χ2v) is 4.75. The van der Waals surface area contributed by atoms with Gasteiger partial charge in [-0.1, -0.05) is 0 Å². The average Bonchev–Trinajstić information content (AvgIpc) is 2.41. The number of aliphatic hydroxyl groups is 3. The number of nitrogens with one attached hydrogen (secondary N) is 3. The van der Waals surface area contributed by atoms with Crippen molar-refractivity contribution in [1.29, 1.82) is 0 Å². The number of H-pyrrole nitrogens is 1. The smallest absolute Gasteiger partial charge is 0.277 e. The maximum absolute atomic E-state index is 11.8. The van der Waals surface area contributed by atoms with Gasteiger partial charge in [0.05, 0.1) is 6.61 Å². The molecule has 1 fully saturated rings. The van der Waals surface area contributed by atoms with Crippen LogP contribution in [0.1, 0.15) is 0 Å². The molecule has 10 N–H and O–H groups in total. The number of anilines is 3. The predicted octanol–water partition coefficient (Wildman–Crippen LogP) is -3.83. The van der Waals surface area contributed by atoms with Crippen molar-refractivity contribution < 1.29 is 25.5 Å². The quantitative estimate of drug-likeness (QED) is 0.271. The fraction of sp³-hybridized carbons (Fsp3) is 0.600. The summed E-state index contributed by atoms with van der Waals surface area (Å²) in [6.07, 6.45) is -4.17. The van der Waals surface area contributed by atoms with Gasteiger partial charge in [-0.25, -0.2) is 0 Å². The van der Waals surface area contributed by atoms with Crippen LogP contribution >= 0.6 is 0 Å². The SMILES string of the molecule is Nc1nc2c(c(=O)[nH]1)NC1C(N2)OC(CO)C(O)C1O.O. The summed E-state index contributed by atoms with van der Waals surface area (Å²) in [5.41, 5.74) is 5.06. The molecule has 21 heavy (non-hydrogen) atoms. The van der Waals surface area contributed by atoms with E-state index in [2.05, 4.69) is 20.6 Å². The van der Waals surface area contributed by atoms with E-state index in [1.54, 1.807) is 0 Å². The molecule has 1 saturated heterocycles. The number of aliphatic hydroxyl groups excluding tert-OH is 3. The van der Waals surface area contributed by atoms with Gasteiger partial charge in [-0.3, -0.25) is 9.78 Å². The Kier molecular flexibility index (Phi) is 4.02. The first-order chi connectivity index (χ1) is 9.51. The van der Waals surface area contributed by atoms with Crippen LogP contribution in [0.25, 0.3) is 0 Å². The van der Waals surface area contributed by atoms with Gasteiger partial charge in [-0.15, -0.1) is 0 Å². The van der Waals surface area contributed by atoms with Crippen molar-refractivity contribution in [2.24, 2.45) is 0 Å². The molecule has 3 rings (SSSR count). The number of rotatable bonds is 1. The summed E-state index contributed by atoms with van der Waals surface area (Å²) in [4.78, 5) is 18.0. The molecule has 0 bridgehead atoms. The Morgan fingerprint density at radius 1 is 1.29 bits per heavy atom. The third kappa shape index (κ3) is 2.41. The predicted molar refractivity (Wildman–Crippen MR) is 71.7 cm³/mol. The second kappa shape index (κ2) is 5.46. The minimum atomic E-state index is -1.27. The number of nitrogens with two attached hydrogens (primary N) is 1. The van der Waals surface area contributed by atoms with Crippen LogP contribution < -0.4 is 21.9 Å². The van der Waals surface area contributed by atoms with E-state index in [0.29, 0.717) is 0 Å².